The molecule has 0 saturated heterocycles. The average Bonchev–Trinajstić information content (AvgIpc) is 2.72. The van der Waals surface area contributed by atoms with Gasteiger partial charge in [0, 0.05) is 0 Å². The fraction of sp³-hybridized carbons (Fsp3) is 0.200. The van der Waals surface area contributed by atoms with E-state index in [1.807, 2.05) is 24.3 Å². The molecule has 15 heavy (non-hydrogen) atoms. The Kier molecular flexibility index (Phi) is 4.27. The van der Waals surface area contributed by atoms with Crippen LogP contribution < -0.4 is 5.73 Å². The van der Waals surface area contributed by atoms with Gasteiger partial charge in [-0.3, -0.25) is 0 Å². The lowest BCUT2D eigenvalue weighted by atomic mass is 10.1. The fourth-order valence-corrected chi connectivity index (χ4v) is 1.31. The van der Waals surface area contributed by atoms with Crippen molar-refractivity contribution < 1.29 is 0 Å². The molecule has 1 heterocycles. The second kappa shape index (κ2) is 5.48. The van der Waals surface area contributed by atoms with Crippen molar-refractivity contribution in [2.75, 3.05) is 6.54 Å². The van der Waals surface area contributed by atoms with E-state index in [0.29, 0.717) is 6.54 Å². The van der Waals surface area contributed by atoms with Crippen molar-refractivity contribution in [2.24, 2.45) is 5.73 Å². The minimum absolute atomic E-state index is 0. The van der Waals surface area contributed by atoms with Gasteiger partial charge in [-0.25, -0.2) is 0 Å². The highest BCUT2D eigenvalue weighted by Gasteiger charge is 1.96. The van der Waals surface area contributed by atoms with E-state index in [-0.39, 0.29) is 12.4 Å². The van der Waals surface area contributed by atoms with Crippen molar-refractivity contribution in [3.05, 3.63) is 42.2 Å². The Balaban J connectivity index is 0.00000112. The summed E-state index contributed by atoms with van der Waals surface area (Å²) in [6.45, 7) is 0.680. The first-order chi connectivity index (χ1) is 6.90. The number of halogens is 1. The second-order valence-corrected chi connectivity index (χ2v) is 3.02. The van der Waals surface area contributed by atoms with Crippen molar-refractivity contribution in [1.82, 2.24) is 15.0 Å². The Labute approximate surface area is 94.5 Å². The molecule has 0 aliphatic heterocycles. The number of aromatic nitrogens is 3. The maximum atomic E-state index is 5.46. The molecule has 2 N–H and O–H groups in total. The minimum atomic E-state index is 0. The third kappa shape index (κ3) is 2.78. The predicted octanol–water partition coefficient (Wildman–Crippen LogP) is 1.19. The van der Waals surface area contributed by atoms with E-state index in [1.165, 1.54) is 5.56 Å². The Hall–Kier alpha value is -1.39. The first-order valence-electron chi connectivity index (χ1n) is 4.56. The summed E-state index contributed by atoms with van der Waals surface area (Å²) in [5, 5.41) is 8.09. The molecule has 0 radical (unpaired) electrons. The van der Waals surface area contributed by atoms with Crippen LogP contribution in [0.1, 0.15) is 5.56 Å². The molecule has 0 saturated carbocycles. The van der Waals surface area contributed by atoms with E-state index in [1.54, 1.807) is 17.2 Å². The molecule has 0 atom stereocenters. The molecule has 2 aromatic rings. The van der Waals surface area contributed by atoms with Gasteiger partial charge in [0.2, 0.25) is 0 Å². The molecule has 80 valence electrons. The normalized spacial score (nSPS) is 9.67. The molecular weight excluding hydrogens is 212 g/mol. The Morgan fingerprint density at radius 1 is 1.07 bits per heavy atom. The van der Waals surface area contributed by atoms with E-state index < -0.39 is 0 Å². The number of nitrogens with two attached hydrogens (primary N) is 1. The van der Waals surface area contributed by atoms with Gasteiger partial charge >= 0.3 is 0 Å². The summed E-state index contributed by atoms with van der Waals surface area (Å²) in [7, 11) is 0. The second-order valence-electron chi connectivity index (χ2n) is 3.02. The molecular formula is C10H13ClN4. The molecule has 0 aliphatic rings. The lowest BCUT2D eigenvalue weighted by Gasteiger charge is -2.01. The standard InChI is InChI=1S/C10H12N4.ClH/c11-6-5-9-1-3-10(4-2-9)14-12-7-8-13-14;/h1-4,7-8H,5-6,11H2;1H. The summed E-state index contributed by atoms with van der Waals surface area (Å²) in [5.41, 5.74) is 7.67. The summed E-state index contributed by atoms with van der Waals surface area (Å²) in [6.07, 6.45) is 4.23. The quantitative estimate of drug-likeness (QED) is 0.852. The van der Waals surface area contributed by atoms with Gasteiger partial charge in [0.1, 0.15) is 0 Å². The maximum Gasteiger partial charge on any atom is 0.0856 e. The van der Waals surface area contributed by atoms with E-state index in [0.717, 1.165) is 12.1 Å². The number of hydrogen-bond donors (Lipinski definition) is 1. The summed E-state index contributed by atoms with van der Waals surface area (Å²) in [5.74, 6) is 0. The van der Waals surface area contributed by atoms with Crippen LogP contribution in [0.5, 0.6) is 0 Å². The molecule has 1 aromatic heterocycles. The van der Waals surface area contributed by atoms with Crippen molar-refractivity contribution in [2.45, 2.75) is 6.42 Å². The highest BCUT2D eigenvalue weighted by molar-refractivity contribution is 5.85. The van der Waals surface area contributed by atoms with Crippen LogP contribution in [-0.4, -0.2) is 21.5 Å². The van der Waals surface area contributed by atoms with Crippen LogP contribution in [0.4, 0.5) is 0 Å². The molecule has 0 amide bonds. The lowest BCUT2D eigenvalue weighted by Crippen LogP contribution is -2.03. The summed E-state index contributed by atoms with van der Waals surface area (Å²) >= 11 is 0. The minimum Gasteiger partial charge on any atom is -0.330 e. The lowest BCUT2D eigenvalue weighted by molar-refractivity contribution is 0.751. The van der Waals surface area contributed by atoms with Crippen molar-refractivity contribution >= 4 is 12.4 Å². The SMILES string of the molecule is Cl.NCCc1ccc(-n2nccn2)cc1. The zero-order chi connectivity index (χ0) is 9.80. The van der Waals surface area contributed by atoms with Crippen LogP contribution in [0.15, 0.2) is 36.7 Å². The molecule has 5 heteroatoms. The van der Waals surface area contributed by atoms with Crippen molar-refractivity contribution in [3.63, 3.8) is 0 Å². The van der Waals surface area contributed by atoms with Crippen LogP contribution in [0, 0.1) is 0 Å². The monoisotopic (exact) mass is 224 g/mol. The van der Waals surface area contributed by atoms with Gasteiger partial charge < -0.3 is 5.73 Å². The summed E-state index contributed by atoms with van der Waals surface area (Å²) < 4.78 is 0. The van der Waals surface area contributed by atoms with E-state index in [2.05, 4.69) is 10.2 Å². The van der Waals surface area contributed by atoms with Gasteiger partial charge in [0.05, 0.1) is 18.1 Å². The molecule has 1 aromatic carbocycles. The number of hydrogen-bond acceptors (Lipinski definition) is 3. The van der Waals surface area contributed by atoms with E-state index in [4.69, 9.17) is 5.73 Å². The number of rotatable bonds is 3. The van der Waals surface area contributed by atoms with E-state index >= 15 is 0 Å². The van der Waals surface area contributed by atoms with Gasteiger partial charge in [0.15, 0.2) is 0 Å². The Bertz CT molecular complexity index is 382. The zero-order valence-corrected chi connectivity index (χ0v) is 9.02. The highest BCUT2D eigenvalue weighted by Crippen LogP contribution is 2.07. The fourth-order valence-electron chi connectivity index (χ4n) is 1.31. The van der Waals surface area contributed by atoms with Crippen molar-refractivity contribution in [1.29, 1.82) is 0 Å². The van der Waals surface area contributed by atoms with Gasteiger partial charge in [-0.15, -0.1) is 12.4 Å². The van der Waals surface area contributed by atoms with Crippen LogP contribution in [0.25, 0.3) is 5.69 Å². The summed E-state index contributed by atoms with van der Waals surface area (Å²) in [4.78, 5) is 1.59. The molecule has 0 aliphatic carbocycles. The van der Waals surface area contributed by atoms with Gasteiger partial charge in [-0.1, -0.05) is 12.1 Å². The first kappa shape index (κ1) is 11.7. The largest absolute Gasteiger partial charge is 0.330 e. The molecule has 2 rings (SSSR count). The number of benzene rings is 1. The number of nitrogens with zero attached hydrogens (tertiary/aromatic N) is 3. The molecule has 4 nitrogen and oxygen atoms in total. The van der Waals surface area contributed by atoms with Gasteiger partial charge in [-0.2, -0.15) is 15.0 Å². The van der Waals surface area contributed by atoms with Gasteiger partial charge in [0.25, 0.3) is 0 Å². The molecule has 0 spiro atoms. The third-order valence-electron chi connectivity index (χ3n) is 2.02. The maximum absolute atomic E-state index is 5.46. The van der Waals surface area contributed by atoms with Crippen molar-refractivity contribution in [3.8, 4) is 5.69 Å². The van der Waals surface area contributed by atoms with E-state index in [9.17, 15) is 0 Å². The predicted molar refractivity (Wildman–Crippen MR) is 61.4 cm³/mol. The van der Waals surface area contributed by atoms with Crippen LogP contribution in [0.2, 0.25) is 0 Å². The van der Waals surface area contributed by atoms with Crippen LogP contribution in [-0.2, 0) is 6.42 Å². The molecule has 0 unspecified atom stereocenters. The molecule has 0 bridgehead atoms. The smallest absolute Gasteiger partial charge is 0.0856 e. The Morgan fingerprint density at radius 2 is 1.67 bits per heavy atom. The van der Waals surface area contributed by atoms with Crippen LogP contribution in [0.3, 0.4) is 0 Å². The Morgan fingerprint density at radius 3 is 2.20 bits per heavy atom. The zero-order valence-electron chi connectivity index (χ0n) is 8.21. The van der Waals surface area contributed by atoms with Crippen LogP contribution >= 0.6 is 12.4 Å². The first-order valence-corrected chi connectivity index (χ1v) is 4.56. The third-order valence-corrected chi connectivity index (χ3v) is 2.02. The highest BCUT2D eigenvalue weighted by atomic mass is 35.5. The topological polar surface area (TPSA) is 56.7 Å². The average molecular weight is 225 g/mol. The van der Waals surface area contributed by atoms with Gasteiger partial charge in [-0.05, 0) is 30.7 Å². The summed E-state index contributed by atoms with van der Waals surface area (Å²) in [6, 6.07) is 8.08. The molecule has 0 fully saturated rings.